The third-order valence-electron chi connectivity index (χ3n) is 2.29. The number of carbonyl (C=O) groups is 1. The van der Waals surface area contributed by atoms with Crippen molar-refractivity contribution in [2.24, 2.45) is 0 Å². The van der Waals surface area contributed by atoms with E-state index in [4.69, 9.17) is 5.11 Å². The summed E-state index contributed by atoms with van der Waals surface area (Å²) >= 11 is 0. The second-order valence-electron chi connectivity index (χ2n) is 3.66. The lowest BCUT2D eigenvalue weighted by molar-refractivity contribution is -0.127. The van der Waals surface area contributed by atoms with Gasteiger partial charge in [-0.05, 0) is 19.8 Å². The zero-order valence-corrected chi connectivity index (χ0v) is 10.1. The highest BCUT2D eigenvalue weighted by Crippen LogP contribution is 2.04. The van der Waals surface area contributed by atoms with E-state index in [1.54, 1.807) is 4.90 Å². The van der Waals surface area contributed by atoms with E-state index in [0.29, 0.717) is 6.54 Å². The lowest BCUT2D eigenvalue weighted by Gasteiger charge is -2.21. The molecule has 3 nitrogen and oxygen atoms in total. The molecule has 0 aliphatic carbocycles. The lowest BCUT2D eigenvalue weighted by Crippen LogP contribution is -2.34. The van der Waals surface area contributed by atoms with Gasteiger partial charge in [-0.3, -0.25) is 4.79 Å². The topological polar surface area (TPSA) is 40.5 Å². The Morgan fingerprint density at radius 3 is 2.47 bits per heavy atom. The standard InChI is InChI=1S/C12H23NO2/c1-4-6-8-13(9-10-14)12(15)11(3)7-5-2/h7,14H,4-6,8-10H2,1-3H3. The van der Waals surface area contributed by atoms with Gasteiger partial charge in [0, 0.05) is 18.7 Å². The van der Waals surface area contributed by atoms with E-state index in [9.17, 15) is 4.79 Å². The minimum atomic E-state index is 0.0366. The van der Waals surface area contributed by atoms with Crippen LogP contribution in [0.4, 0.5) is 0 Å². The molecule has 0 atom stereocenters. The number of carbonyl (C=O) groups excluding carboxylic acids is 1. The number of nitrogens with zero attached hydrogens (tertiary/aromatic N) is 1. The largest absolute Gasteiger partial charge is 0.395 e. The van der Waals surface area contributed by atoms with Crippen LogP contribution in [-0.4, -0.2) is 35.6 Å². The molecule has 0 aliphatic heterocycles. The Kier molecular flexibility index (Phi) is 8.01. The van der Waals surface area contributed by atoms with Crippen LogP contribution in [0, 0.1) is 0 Å². The van der Waals surface area contributed by atoms with Crippen LogP contribution in [0.15, 0.2) is 11.6 Å². The van der Waals surface area contributed by atoms with Crippen molar-refractivity contribution < 1.29 is 9.90 Å². The number of aliphatic hydroxyl groups excluding tert-OH is 1. The number of amides is 1. The van der Waals surface area contributed by atoms with Crippen LogP contribution in [0.1, 0.15) is 40.0 Å². The van der Waals surface area contributed by atoms with Gasteiger partial charge in [-0.1, -0.05) is 26.3 Å². The van der Waals surface area contributed by atoms with E-state index in [-0.39, 0.29) is 12.5 Å². The fraction of sp³-hybridized carbons (Fsp3) is 0.750. The minimum Gasteiger partial charge on any atom is -0.395 e. The highest BCUT2D eigenvalue weighted by molar-refractivity contribution is 5.92. The zero-order valence-electron chi connectivity index (χ0n) is 10.1. The third-order valence-corrected chi connectivity index (χ3v) is 2.29. The quantitative estimate of drug-likeness (QED) is 0.657. The van der Waals surface area contributed by atoms with Crippen molar-refractivity contribution >= 4 is 5.91 Å². The van der Waals surface area contributed by atoms with Crippen molar-refractivity contribution in [2.45, 2.75) is 40.0 Å². The maximum absolute atomic E-state index is 11.9. The molecule has 0 spiro atoms. The Hall–Kier alpha value is -0.830. The van der Waals surface area contributed by atoms with Crippen LogP contribution >= 0.6 is 0 Å². The second kappa shape index (κ2) is 8.48. The maximum atomic E-state index is 11.9. The molecule has 1 amide bonds. The molecule has 0 bridgehead atoms. The first kappa shape index (κ1) is 14.2. The molecule has 0 aromatic heterocycles. The molecule has 0 fully saturated rings. The van der Waals surface area contributed by atoms with Crippen LogP contribution < -0.4 is 0 Å². The lowest BCUT2D eigenvalue weighted by atomic mass is 10.2. The third kappa shape index (κ3) is 5.57. The molecule has 0 aromatic carbocycles. The van der Waals surface area contributed by atoms with Gasteiger partial charge in [-0.25, -0.2) is 0 Å². The van der Waals surface area contributed by atoms with Gasteiger partial charge >= 0.3 is 0 Å². The first-order valence-electron chi connectivity index (χ1n) is 5.74. The van der Waals surface area contributed by atoms with Gasteiger partial charge in [0.15, 0.2) is 0 Å². The predicted molar refractivity (Wildman–Crippen MR) is 62.6 cm³/mol. The SMILES string of the molecule is CCC=C(C)C(=O)N(CCO)CCCC. The van der Waals surface area contributed by atoms with Gasteiger partial charge < -0.3 is 10.0 Å². The van der Waals surface area contributed by atoms with Crippen molar-refractivity contribution in [2.75, 3.05) is 19.7 Å². The molecule has 0 rings (SSSR count). The summed E-state index contributed by atoms with van der Waals surface area (Å²) in [7, 11) is 0. The molecule has 0 radical (unpaired) electrons. The van der Waals surface area contributed by atoms with Crippen molar-refractivity contribution in [1.29, 1.82) is 0 Å². The maximum Gasteiger partial charge on any atom is 0.249 e. The number of hydrogen-bond donors (Lipinski definition) is 1. The van der Waals surface area contributed by atoms with Crippen LogP contribution in [0.25, 0.3) is 0 Å². The molecule has 0 aromatic rings. The molecule has 3 heteroatoms. The van der Waals surface area contributed by atoms with E-state index in [1.165, 1.54) is 0 Å². The fourth-order valence-corrected chi connectivity index (χ4v) is 1.43. The number of rotatable bonds is 7. The van der Waals surface area contributed by atoms with Gasteiger partial charge in [0.05, 0.1) is 6.61 Å². The minimum absolute atomic E-state index is 0.0366. The summed E-state index contributed by atoms with van der Waals surface area (Å²) in [6.45, 7) is 7.16. The molecule has 0 saturated carbocycles. The number of unbranched alkanes of at least 4 members (excludes halogenated alkanes) is 1. The number of aliphatic hydroxyl groups is 1. The van der Waals surface area contributed by atoms with Crippen LogP contribution in [0.3, 0.4) is 0 Å². The Bertz CT molecular complexity index is 212. The van der Waals surface area contributed by atoms with E-state index in [1.807, 2.05) is 19.9 Å². The number of allylic oxidation sites excluding steroid dienone is 1. The smallest absolute Gasteiger partial charge is 0.249 e. The van der Waals surface area contributed by atoms with Gasteiger partial charge in [-0.2, -0.15) is 0 Å². The molecule has 0 saturated heterocycles. The fourth-order valence-electron chi connectivity index (χ4n) is 1.43. The van der Waals surface area contributed by atoms with Gasteiger partial charge in [-0.15, -0.1) is 0 Å². The van der Waals surface area contributed by atoms with Gasteiger partial charge in [0.1, 0.15) is 0 Å². The van der Waals surface area contributed by atoms with E-state index in [0.717, 1.165) is 31.4 Å². The van der Waals surface area contributed by atoms with Crippen molar-refractivity contribution in [3.63, 3.8) is 0 Å². The van der Waals surface area contributed by atoms with Crippen molar-refractivity contribution in [3.05, 3.63) is 11.6 Å². The first-order chi connectivity index (χ1) is 7.17. The zero-order chi connectivity index (χ0) is 11.7. The van der Waals surface area contributed by atoms with Crippen LogP contribution in [0.5, 0.6) is 0 Å². The molecule has 0 heterocycles. The van der Waals surface area contributed by atoms with Crippen molar-refractivity contribution in [1.82, 2.24) is 4.90 Å². The molecule has 88 valence electrons. The molecule has 0 aliphatic rings. The second-order valence-corrected chi connectivity index (χ2v) is 3.66. The summed E-state index contributed by atoms with van der Waals surface area (Å²) in [5.41, 5.74) is 0.780. The summed E-state index contributed by atoms with van der Waals surface area (Å²) in [6, 6.07) is 0. The summed E-state index contributed by atoms with van der Waals surface area (Å²) < 4.78 is 0. The monoisotopic (exact) mass is 213 g/mol. The summed E-state index contributed by atoms with van der Waals surface area (Å²) in [4.78, 5) is 13.6. The van der Waals surface area contributed by atoms with Crippen molar-refractivity contribution in [3.8, 4) is 0 Å². The highest BCUT2D eigenvalue weighted by atomic mass is 16.3. The molecular weight excluding hydrogens is 190 g/mol. The Morgan fingerprint density at radius 2 is 2.00 bits per heavy atom. The first-order valence-corrected chi connectivity index (χ1v) is 5.74. The summed E-state index contributed by atoms with van der Waals surface area (Å²) in [5, 5.41) is 8.88. The Balaban J connectivity index is 4.33. The van der Waals surface area contributed by atoms with Gasteiger partial charge in [0.25, 0.3) is 0 Å². The van der Waals surface area contributed by atoms with Gasteiger partial charge in [0.2, 0.25) is 5.91 Å². The van der Waals surface area contributed by atoms with E-state index < -0.39 is 0 Å². The van der Waals surface area contributed by atoms with E-state index >= 15 is 0 Å². The molecule has 15 heavy (non-hydrogen) atoms. The molecule has 1 N–H and O–H groups in total. The van der Waals surface area contributed by atoms with Crippen LogP contribution in [0.2, 0.25) is 0 Å². The summed E-state index contributed by atoms with van der Waals surface area (Å²) in [6.07, 6.45) is 4.86. The average molecular weight is 213 g/mol. The Morgan fingerprint density at radius 1 is 1.33 bits per heavy atom. The highest BCUT2D eigenvalue weighted by Gasteiger charge is 2.13. The number of hydrogen-bond acceptors (Lipinski definition) is 2. The normalized spacial score (nSPS) is 11.6. The van der Waals surface area contributed by atoms with Crippen LogP contribution in [-0.2, 0) is 4.79 Å². The predicted octanol–water partition coefficient (Wildman–Crippen LogP) is 1.96. The molecule has 0 unspecified atom stereocenters. The molecular formula is C12H23NO2. The van der Waals surface area contributed by atoms with E-state index in [2.05, 4.69) is 6.92 Å². The summed E-state index contributed by atoms with van der Waals surface area (Å²) in [5.74, 6) is 0.0550. The Labute approximate surface area is 92.8 Å². The average Bonchev–Trinajstić information content (AvgIpc) is 2.23.